The molecule has 0 aromatic heterocycles. The zero-order valence-corrected chi connectivity index (χ0v) is 8.74. The van der Waals surface area contributed by atoms with Crippen molar-refractivity contribution in [3.8, 4) is 5.75 Å². The third-order valence-electron chi connectivity index (χ3n) is 1.60. The van der Waals surface area contributed by atoms with Crippen LogP contribution in [0.4, 0.5) is 5.69 Å². The van der Waals surface area contributed by atoms with E-state index >= 15 is 0 Å². The number of halogens is 1. The van der Waals surface area contributed by atoms with Gasteiger partial charge in [0, 0.05) is 12.1 Å². The van der Waals surface area contributed by atoms with Crippen molar-refractivity contribution in [2.45, 2.75) is 0 Å². The average Bonchev–Trinajstić information content (AvgIpc) is 2.19. The number of hydrogen-bond donors (Lipinski definition) is 2. The van der Waals surface area contributed by atoms with Crippen molar-refractivity contribution < 1.29 is 27.9 Å². The molecule has 0 aliphatic carbocycles. The molecule has 6 nitrogen and oxygen atoms in total. The van der Waals surface area contributed by atoms with E-state index in [4.69, 9.17) is 4.74 Å². The molecule has 0 amide bonds. The molecule has 1 aromatic rings. The molecule has 0 aliphatic heterocycles. The molecule has 0 spiro atoms. The molecule has 0 heterocycles. The second-order valence-electron chi connectivity index (χ2n) is 2.60. The van der Waals surface area contributed by atoms with Crippen molar-refractivity contribution in [1.29, 1.82) is 0 Å². The molecule has 0 aliphatic rings. The fraction of sp³-hybridized carbons (Fsp3) is 0.250. The fourth-order valence-corrected chi connectivity index (χ4v) is 0.905. The van der Waals surface area contributed by atoms with E-state index in [2.05, 4.69) is 11.3 Å². The Morgan fingerprint density at radius 1 is 1.40 bits per heavy atom. The van der Waals surface area contributed by atoms with Gasteiger partial charge in [0.15, 0.2) is 0 Å². The van der Waals surface area contributed by atoms with Gasteiger partial charge in [0.25, 0.3) is 5.69 Å². The molecule has 0 saturated carbocycles. The average molecular weight is 234 g/mol. The lowest BCUT2D eigenvalue weighted by atomic mass is 10.3. The number of quaternary nitrogens is 1. The Kier molecular flexibility index (Phi) is 6.35. The molecule has 7 heteroatoms. The summed E-state index contributed by atoms with van der Waals surface area (Å²) in [5.41, 5.74) is 2.75. The van der Waals surface area contributed by atoms with Crippen LogP contribution in [0, 0.1) is 10.1 Å². The van der Waals surface area contributed by atoms with Gasteiger partial charge in [0.1, 0.15) is 12.4 Å². The highest BCUT2D eigenvalue weighted by Gasteiger charge is 2.03. The van der Waals surface area contributed by atoms with Crippen LogP contribution in [0.1, 0.15) is 0 Å². The highest BCUT2D eigenvalue weighted by Crippen LogP contribution is 2.16. The maximum absolute atomic E-state index is 10.3. The van der Waals surface area contributed by atoms with E-state index in [0.29, 0.717) is 18.9 Å². The Bertz CT molecular complexity index is 305. The summed E-state index contributed by atoms with van der Waals surface area (Å²) < 4.78 is 5.26. The maximum atomic E-state index is 10.3. The molecular formula is C8H12ClN3O3. The highest BCUT2D eigenvalue weighted by molar-refractivity contribution is 5.35. The van der Waals surface area contributed by atoms with Gasteiger partial charge >= 0.3 is 0 Å². The Balaban J connectivity index is 0.00000196. The Morgan fingerprint density at radius 3 is 2.47 bits per heavy atom. The lowest BCUT2D eigenvalue weighted by Gasteiger charge is -2.03. The van der Waals surface area contributed by atoms with Crippen LogP contribution in [-0.2, 0) is 0 Å². The summed E-state index contributed by atoms with van der Waals surface area (Å²) in [7, 11) is 0. The van der Waals surface area contributed by atoms with Crippen LogP contribution in [0.25, 0.3) is 0 Å². The van der Waals surface area contributed by atoms with Gasteiger partial charge in [-0.25, -0.2) is 0 Å². The summed E-state index contributed by atoms with van der Waals surface area (Å²) in [5, 5.41) is 10.3. The van der Waals surface area contributed by atoms with Gasteiger partial charge in [-0.2, -0.15) is 5.43 Å². The lowest BCUT2D eigenvalue weighted by Crippen LogP contribution is -3.00. The summed E-state index contributed by atoms with van der Waals surface area (Å²) >= 11 is 0. The maximum Gasteiger partial charge on any atom is 0.269 e. The minimum Gasteiger partial charge on any atom is -1.00 e. The molecule has 15 heavy (non-hydrogen) atoms. The largest absolute Gasteiger partial charge is 1.00 e. The van der Waals surface area contributed by atoms with Crippen molar-refractivity contribution in [1.82, 2.24) is 5.43 Å². The monoisotopic (exact) mass is 233 g/mol. The topological polar surface area (TPSA) is 92.0 Å². The molecule has 0 atom stereocenters. The van der Waals surface area contributed by atoms with Gasteiger partial charge in [-0.15, -0.1) is 0 Å². The third kappa shape index (κ3) is 4.59. The first-order valence-electron chi connectivity index (χ1n) is 4.11. The molecule has 1 aromatic carbocycles. The number of nitrogens with zero attached hydrogens (tertiary/aromatic N) is 1. The summed E-state index contributed by atoms with van der Waals surface area (Å²) in [6.45, 7) is 1.12. The van der Waals surface area contributed by atoms with E-state index in [-0.39, 0.29) is 18.1 Å². The van der Waals surface area contributed by atoms with Crippen LogP contribution in [0.15, 0.2) is 24.3 Å². The van der Waals surface area contributed by atoms with Crippen molar-refractivity contribution in [2.75, 3.05) is 13.2 Å². The number of nitrogens with one attached hydrogen (secondary N) is 1. The number of rotatable bonds is 5. The Morgan fingerprint density at radius 2 is 2.00 bits per heavy atom. The van der Waals surface area contributed by atoms with Crippen molar-refractivity contribution in [3.63, 3.8) is 0 Å². The molecule has 0 radical (unpaired) electrons. The summed E-state index contributed by atoms with van der Waals surface area (Å²) in [5.74, 6) is 4.05. The van der Waals surface area contributed by atoms with Gasteiger partial charge in [-0.3, -0.25) is 16.0 Å². The first-order valence-corrected chi connectivity index (χ1v) is 4.11. The molecule has 0 unspecified atom stereocenters. The third-order valence-corrected chi connectivity index (χ3v) is 1.60. The quantitative estimate of drug-likeness (QED) is 0.317. The first-order chi connectivity index (χ1) is 6.74. The van der Waals surface area contributed by atoms with Crippen LogP contribution in [0.3, 0.4) is 0 Å². The smallest absolute Gasteiger partial charge is 0.269 e. The SMILES string of the molecule is [Cl-].[NH3+]NCCOc1ccc([N+](=O)[O-])cc1. The van der Waals surface area contributed by atoms with E-state index in [1.807, 2.05) is 0 Å². The van der Waals surface area contributed by atoms with Gasteiger partial charge < -0.3 is 17.1 Å². The summed E-state index contributed by atoms with van der Waals surface area (Å²) in [4.78, 5) is 9.88. The van der Waals surface area contributed by atoms with Gasteiger partial charge in [-0.05, 0) is 12.1 Å². The highest BCUT2D eigenvalue weighted by atomic mass is 35.5. The zero-order valence-electron chi connectivity index (χ0n) is 7.98. The number of nitro groups is 1. The molecule has 0 bridgehead atoms. The second-order valence-corrected chi connectivity index (χ2v) is 2.60. The van der Waals surface area contributed by atoms with Gasteiger partial charge in [0.2, 0.25) is 0 Å². The van der Waals surface area contributed by atoms with E-state index in [0.717, 1.165) is 0 Å². The lowest BCUT2D eigenvalue weighted by molar-refractivity contribution is -0.443. The fourth-order valence-electron chi connectivity index (χ4n) is 0.905. The molecule has 0 saturated heterocycles. The molecule has 4 N–H and O–H groups in total. The predicted molar refractivity (Wildman–Crippen MR) is 49.5 cm³/mol. The number of nitro benzene ring substituents is 1. The number of benzene rings is 1. The zero-order chi connectivity index (χ0) is 10.4. The second kappa shape index (κ2) is 6.99. The van der Waals surface area contributed by atoms with Crippen molar-refractivity contribution >= 4 is 5.69 Å². The van der Waals surface area contributed by atoms with Crippen LogP contribution in [0.2, 0.25) is 0 Å². The molecule has 0 fully saturated rings. The Labute approximate surface area is 92.9 Å². The summed E-state index contributed by atoms with van der Waals surface area (Å²) in [6, 6.07) is 5.96. The van der Waals surface area contributed by atoms with Crippen LogP contribution < -0.4 is 28.4 Å². The number of hydrogen-bond acceptors (Lipinski definition) is 4. The minimum atomic E-state index is -0.443. The molecular weight excluding hydrogens is 222 g/mol. The van der Waals surface area contributed by atoms with E-state index in [9.17, 15) is 10.1 Å². The minimum absolute atomic E-state index is 0. The molecule has 84 valence electrons. The van der Waals surface area contributed by atoms with E-state index in [1.165, 1.54) is 12.1 Å². The molecule has 1 rings (SSSR count). The van der Waals surface area contributed by atoms with Crippen LogP contribution >= 0.6 is 0 Å². The standard InChI is InChI=1S/C8H11N3O3.ClH/c9-10-5-6-14-8-3-1-7(2-4-8)11(12)13;/h1-4,10H,5-6,9H2;1H. The van der Waals surface area contributed by atoms with Gasteiger partial charge in [-0.1, -0.05) is 0 Å². The predicted octanol–water partition coefficient (Wildman–Crippen LogP) is -3.28. The Hall–Kier alpha value is -1.37. The van der Waals surface area contributed by atoms with Gasteiger partial charge in [0.05, 0.1) is 11.5 Å². The van der Waals surface area contributed by atoms with Crippen molar-refractivity contribution in [2.24, 2.45) is 0 Å². The van der Waals surface area contributed by atoms with Crippen molar-refractivity contribution in [3.05, 3.63) is 34.4 Å². The van der Waals surface area contributed by atoms with E-state index in [1.54, 1.807) is 12.1 Å². The normalized spacial score (nSPS) is 9.13. The summed E-state index contributed by atoms with van der Waals surface area (Å²) in [6.07, 6.45) is 0. The number of non-ortho nitro benzene ring substituents is 1. The van der Waals surface area contributed by atoms with Crippen LogP contribution in [-0.4, -0.2) is 18.1 Å². The first kappa shape index (κ1) is 13.6. The van der Waals surface area contributed by atoms with Crippen LogP contribution in [0.5, 0.6) is 5.75 Å². The number of ether oxygens (including phenoxy) is 1. The van der Waals surface area contributed by atoms with E-state index < -0.39 is 4.92 Å².